The van der Waals surface area contributed by atoms with E-state index in [2.05, 4.69) is 5.32 Å². The number of ketones is 2. The van der Waals surface area contributed by atoms with Gasteiger partial charge < -0.3 is 14.8 Å². The largest absolute Gasteiger partial charge is 0.457 e. The number of carbonyl (C=O) groups is 4. The van der Waals surface area contributed by atoms with Crippen LogP contribution in [0.25, 0.3) is 0 Å². The number of rotatable bonds is 11. The van der Waals surface area contributed by atoms with Crippen LogP contribution in [-0.2, 0) is 19.1 Å². The van der Waals surface area contributed by atoms with Crippen molar-refractivity contribution in [1.82, 2.24) is 5.32 Å². The van der Waals surface area contributed by atoms with E-state index in [1.807, 2.05) is 0 Å². The van der Waals surface area contributed by atoms with Gasteiger partial charge in [0.15, 0.2) is 24.8 Å². The van der Waals surface area contributed by atoms with E-state index in [9.17, 15) is 19.2 Å². The molecule has 0 aromatic heterocycles. The van der Waals surface area contributed by atoms with Crippen LogP contribution in [0.5, 0.6) is 0 Å². The second-order valence-corrected chi connectivity index (χ2v) is 6.23. The van der Waals surface area contributed by atoms with Crippen molar-refractivity contribution in [3.05, 3.63) is 71.8 Å². The third kappa shape index (κ3) is 7.31. The van der Waals surface area contributed by atoms with Crippen molar-refractivity contribution >= 4 is 23.5 Å². The first-order valence-corrected chi connectivity index (χ1v) is 9.17. The molecule has 29 heavy (non-hydrogen) atoms. The minimum atomic E-state index is -0.768. The summed E-state index contributed by atoms with van der Waals surface area (Å²) in [6.07, 6.45) is 0.0442. The van der Waals surface area contributed by atoms with Gasteiger partial charge in [0, 0.05) is 17.5 Å². The van der Waals surface area contributed by atoms with Crippen LogP contribution >= 0.6 is 0 Å². The molecule has 1 unspecified atom stereocenters. The summed E-state index contributed by atoms with van der Waals surface area (Å²) in [5.74, 6) is -1.84. The SMILES string of the molecule is CNC(CCC(=O)OCC(=O)c1ccccc1)C(=O)OCC(=O)c1ccccc1. The van der Waals surface area contributed by atoms with Gasteiger partial charge in [-0.05, 0) is 13.5 Å². The topological polar surface area (TPSA) is 98.8 Å². The zero-order chi connectivity index (χ0) is 21.1. The fourth-order valence-electron chi connectivity index (χ4n) is 2.51. The Balaban J connectivity index is 1.72. The first kappa shape index (κ1) is 22.0. The first-order chi connectivity index (χ1) is 14.0. The van der Waals surface area contributed by atoms with E-state index in [4.69, 9.17) is 9.47 Å². The third-order valence-corrected chi connectivity index (χ3v) is 4.17. The number of esters is 2. The first-order valence-electron chi connectivity index (χ1n) is 9.17. The lowest BCUT2D eigenvalue weighted by Crippen LogP contribution is -2.37. The van der Waals surface area contributed by atoms with Crippen LogP contribution in [0.1, 0.15) is 33.6 Å². The molecule has 1 atom stereocenters. The molecule has 0 radical (unpaired) electrons. The van der Waals surface area contributed by atoms with Crippen molar-refractivity contribution in [2.45, 2.75) is 18.9 Å². The summed E-state index contributed by atoms with van der Waals surface area (Å²) in [7, 11) is 1.55. The maximum absolute atomic E-state index is 12.1. The standard InChI is InChI=1S/C22H23NO6/c1-23-18(22(27)29-15-20(25)17-10-6-3-7-11-17)12-13-21(26)28-14-19(24)16-8-4-2-5-9-16/h2-11,18,23H,12-15H2,1H3. The van der Waals surface area contributed by atoms with Gasteiger partial charge in [0.05, 0.1) is 0 Å². The van der Waals surface area contributed by atoms with Gasteiger partial charge in [-0.1, -0.05) is 60.7 Å². The van der Waals surface area contributed by atoms with Crippen LogP contribution in [0.4, 0.5) is 0 Å². The number of hydrogen-bond acceptors (Lipinski definition) is 7. The number of nitrogens with one attached hydrogen (secondary N) is 1. The third-order valence-electron chi connectivity index (χ3n) is 4.17. The highest BCUT2D eigenvalue weighted by Crippen LogP contribution is 2.06. The van der Waals surface area contributed by atoms with Crippen molar-refractivity contribution in [2.75, 3.05) is 20.3 Å². The molecule has 0 aliphatic rings. The highest BCUT2D eigenvalue weighted by molar-refractivity contribution is 5.98. The molecule has 2 aromatic carbocycles. The van der Waals surface area contributed by atoms with Gasteiger partial charge in [-0.15, -0.1) is 0 Å². The van der Waals surface area contributed by atoms with Crippen LogP contribution in [0.2, 0.25) is 0 Å². The monoisotopic (exact) mass is 397 g/mol. The van der Waals surface area contributed by atoms with E-state index in [1.54, 1.807) is 67.7 Å². The van der Waals surface area contributed by atoms with Gasteiger partial charge in [-0.3, -0.25) is 19.2 Å². The number of Topliss-reactive ketones (excluding diaryl/α,β-unsaturated/α-hetero) is 2. The molecule has 2 aromatic rings. The number of hydrogen-bond donors (Lipinski definition) is 1. The van der Waals surface area contributed by atoms with Crippen LogP contribution in [0.15, 0.2) is 60.7 Å². The molecule has 0 saturated carbocycles. The molecule has 0 bridgehead atoms. The zero-order valence-electron chi connectivity index (χ0n) is 16.1. The van der Waals surface area contributed by atoms with Crippen molar-refractivity contribution in [2.24, 2.45) is 0 Å². The maximum atomic E-state index is 12.1. The second-order valence-electron chi connectivity index (χ2n) is 6.23. The van der Waals surface area contributed by atoms with E-state index in [-0.39, 0.29) is 37.6 Å². The van der Waals surface area contributed by atoms with Crippen LogP contribution in [0.3, 0.4) is 0 Å². The molecule has 0 fully saturated rings. The summed E-state index contributed by atoms with van der Waals surface area (Å²) in [6, 6.07) is 16.2. The van der Waals surface area contributed by atoms with Crippen molar-refractivity contribution in [3.8, 4) is 0 Å². The summed E-state index contributed by atoms with van der Waals surface area (Å²) in [6.45, 7) is -0.736. The summed E-state index contributed by atoms with van der Waals surface area (Å²) in [5, 5.41) is 2.75. The van der Waals surface area contributed by atoms with Crippen molar-refractivity contribution in [1.29, 1.82) is 0 Å². The normalized spacial score (nSPS) is 11.3. The Morgan fingerprint density at radius 3 is 1.76 bits per heavy atom. The zero-order valence-corrected chi connectivity index (χ0v) is 16.1. The van der Waals surface area contributed by atoms with Gasteiger partial charge in [0.2, 0.25) is 0 Å². The number of carbonyl (C=O) groups excluding carboxylic acids is 4. The molecule has 7 nitrogen and oxygen atoms in total. The number of likely N-dealkylation sites (N-methyl/N-ethyl adjacent to an activating group) is 1. The molecule has 0 spiro atoms. The molecular formula is C22H23NO6. The number of benzene rings is 2. The minimum Gasteiger partial charge on any atom is -0.457 e. The van der Waals surface area contributed by atoms with Crippen molar-refractivity contribution in [3.63, 3.8) is 0 Å². The molecule has 0 aliphatic carbocycles. The van der Waals surface area contributed by atoms with E-state index in [0.29, 0.717) is 11.1 Å². The average molecular weight is 397 g/mol. The lowest BCUT2D eigenvalue weighted by Gasteiger charge is -2.14. The summed E-state index contributed by atoms with van der Waals surface area (Å²) in [5.41, 5.74) is 0.910. The van der Waals surface area contributed by atoms with Gasteiger partial charge >= 0.3 is 11.9 Å². The Kier molecular flexibility index (Phi) is 8.72. The van der Waals surface area contributed by atoms with E-state index in [0.717, 1.165) is 0 Å². The Morgan fingerprint density at radius 1 is 0.793 bits per heavy atom. The number of ether oxygens (including phenoxy) is 2. The van der Waals surface area contributed by atoms with Crippen LogP contribution < -0.4 is 5.32 Å². The van der Waals surface area contributed by atoms with E-state index >= 15 is 0 Å². The van der Waals surface area contributed by atoms with Crippen molar-refractivity contribution < 1.29 is 28.7 Å². The molecule has 0 heterocycles. The van der Waals surface area contributed by atoms with Gasteiger partial charge in [-0.25, -0.2) is 0 Å². The smallest absolute Gasteiger partial charge is 0.323 e. The van der Waals surface area contributed by atoms with Gasteiger partial charge in [-0.2, -0.15) is 0 Å². The molecule has 0 saturated heterocycles. The molecule has 7 heteroatoms. The Labute approximate surface area is 169 Å². The second kappa shape index (κ2) is 11.5. The van der Waals surface area contributed by atoms with Crippen LogP contribution in [-0.4, -0.2) is 49.8 Å². The maximum Gasteiger partial charge on any atom is 0.323 e. The Morgan fingerprint density at radius 2 is 1.28 bits per heavy atom. The fourth-order valence-corrected chi connectivity index (χ4v) is 2.51. The Bertz CT molecular complexity index is 835. The molecular weight excluding hydrogens is 374 g/mol. The molecule has 1 N–H and O–H groups in total. The lowest BCUT2D eigenvalue weighted by molar-refractivity contribution is -0.146. The summed E-state index contributed by atoms with van der Waals surface area (Å²) in [4.78, 5) is 47.9. The van der Waals surface area contributed by atoms with Gasteiger partial charge in [0.25, 0.3) is 0 Å². The molecule has 2 rings (SSSR count). The lowest BCUT2D eigenvalue weighted by atomic mass is 10.1. The molecule has 0 aliphatic heterocycles. The average Bonchev–Trinajstić information content (AvgIpc) is 2.77. The van der Waals surface area contributed by atoms with E-state index in [1.165, 1.54) is 0 Å². The quantitative estimate of drug-likeness (QED) is 0.458. The summed E-state index contributed by atoms with van der Waals surface area (Å²) < 4.78 is 10.0. The predicted octanol–water partition coefficient (Wildman–Crippen LogP) is 2.21. The summed E-state index contributed by atoms with van der Waals surface area (Å²) >= 11 is 0. The molecule has 152 valence electrons. The van der Waals surface area contributed by atoms with E-state index < -0.39 is 18.0 Å². The fraction of sp³-hybridized carbons (Fsp3) is 0.273. The molecule has 0 amide bonds. The highest BCUT2D eigenvalue weighted by Gasteiger charge is 2.21. The Hall–Kier alpha value is -3.32. The minimum absolute atomic E-state index is 0.0741. The highest BCUT2D eigenvalue weighted by atomic mass is 16.5. The van der Waals surface area contributed by atoms with Crippen LogP contribution in [0, 0.1) is 0 Å². The predicted molar refractivity (Wildman–Crippen MR) is 106 cm³/mol. The van der Waals surface area contributed by atoms with Gasteiger partial charge in [0.1, 0.15) is 6.04 Å².